The van der Waals surface area contributed by atoms with Crippen LogP contribution < -0.4 is 0 Å². The Kier molecular flexibility index (Phi) is 4.66. The fourth-order valence-electron chi connectivity index (χ4n) is 0.677. The summed E-state index contributed by atoms with van der Waals surface area (Å²) in [5.41, 5.74) is 0. The van der Waals surface area contributed by atoms with E-state index in [1.165, 1.54) is 13.8 Å². The lowest BCUT2D eigenvalue weighted by molar-refractivity contribution is -0.269. The van der Waals surface area contributed by atoms with Crippen LogP contribution in [0.25, 0.3) is 0 Å². The summed E-state index contributed by atoms with van der Waals surface area (Å²) in [6.07, 6.45) is 0.684. The Hall–Kier alpha value is -0.870. The predicted octanol–water partition coefficient (Wildman–Crippen LogP) is 1.20. The van der Waals surface area contributed by atoms with Gasteiger partial charge in [0, 0.05) is 6.08 Å². The average molecular weight is 188 g/mol. The normalized spacial score (nSPS) is 17.2. The predicted molar refractivity (Wildman–Crippen MR) is 47.8 cm³/mol. The Morgan fingerprint density at radius 2 is 2.31 bits per heavy atom. The molecule has 0 rings (SSSR count). The molecule has 2 atom stereocenters. The van der Waals surface area contributed by atoms with Crippen molar-refractivity contribution in [2.24, 2.45) is 0 Å². The SMILES string of the molecule is C=CC(=O)OC(C)OC(C)(O)CC. The first-order chi connectivity index (χ1) is 5.91. The van der Waals surface area contributed by atoms with E-state index in [2.05, 4.69) is 6.58 Å². The Labute approximate surface area is 78.2 Å². The van der Waals surface area contributed by atoms with Crippen LogP contribution in [0.4, 0.5) is 0 Å². The molecule has 0 radical (unpaired) electrons. The maximum absolute atomic E-state index is 10.7. The number of carbonyl (C=O) groups excluding carboxylic acids is 1. The van der Waals surface area contributed by atoms with E-state index in [0.29, 0.717) is 6.42 Å². The van der Waals surface area contributed by atoms with E-state index in [4.69, 9.17) is 9.47 Å². The van der Waals surface area contributed by atoms with Gasteiger partial charge in [-0.05, 0) is 20.3 Å². The zero-order valence-corrected chi connectivity index (χ0v) is 8.24. The molecule has 0 aliphatic carbocycles. The molecule has 4 heteroatoms. The van der Waals surface area contributed by atoms with E-state index >= 15 is 0 Å². The molecule has 0 aromatic carbocycles. The van der Waals surface area contributed by atoms with E-state index < -0.39 is 18.0 Å². The van der Waals surface area contributed by atoms with Gasteiger partial charge in [0.15, 0.2) is 5.79 Å². The third-order valence-electron chi connectivity index (χ3n) is 1.52. The lowest BCUT2D eigenvalue weighted by atomic mass is 10.2. The molecule has 76 valence electrons. The average Bonchev–Trinajstić information content (AvgIpc) is 2.03. The second kappa shape index (κ2) is 4.99. The fourth-order valence-corrected chi connectivity index (χ4v) is 0.677. The highest BCUT2D eigenvalue weighted by molar-refractivity contribution is 5.81. The zero-order valence-electron chi connectivity index (χ0n) is 8.24. The molecule has 0 saturated carbocycles. The first-order valence-corrected chi connectivity index (χ1v) is 4.14. The third kappa shape index (κ3) is 5.38. The first-order valence-electron chi connectivity index (χ1n) is 4.14. The van der Waals surface area contributed by atoms with Crippen molar-refractivity contribution in [2.75, 3.05) is 0 Å². The largest absolute Gasteiger partial charge is 0.433 e. The van der Waals surface area contributed by atoms with Crippen molar-refractivity contribution in [3.05, 3.63) is 12.7 Å². The van der Waals surface area contributed by atoms with Gasteiger partial charge in [0.25, 0.3) is 0 Å². The van der Waals surface area contributed by atoms with Crippen molar-refractivity contribution < 1.29 is 19.4 Å². The number of hydrogen-bond donors (Lipinski definition) is 1. The summed E-state index contributed by atoms with van der Waals surface area (Å²) in [6.45, 7) is 8.04. The Morgan fingerprint density at radius 3 is 2.69 bits per heavy atom. The highest BCUT2D eigenvalue weighted by Gasteiger charge is 2.22. The van der Waals surface area contributed by atoms with Crippen molar-refractivity contribution in [1.82, 2.24) is 0 Å². The molecule has 0 aromatic rings. The number of carbonyl (C=O) groups is 1. The van der Waals surface area contributed by atoms with Crippen molar-refractivity contribution in [1.29, 1.82) is 0 Å². The fraction of sp³-hybridized carbons (Fsp3) is 0.667. The lowest BCUT2D eigenvalue weighted by Crippen LogP contribution is -2.33. The van der Waals surface area contributed by atoms with Crippen LogP contribution >= 0.6 is 0 Å². The highest BCUT2D eigenvalue weighted by Crippen LogP contribution is 2.13. The molecule has 0 spiro atoms. The third-order valence-corrected chi connectivity index (χ3v) is 1.52. The van der Waals surface area contributed by atoms with E-state index in [-0.39, 0.29) is 0 Å². The number of aliphatic hydroxyl groups is 1. The summed E-state index contributed by atoms with van der Waals surface area (Å²) < 4.78 is 9.72. The van der Waals surface area contributed by atoms with E-state index in [0.717, 1.165) is 6.08 Å². The van der Waals surface area contributed by atoms with Crippen LogP contribution in [0, 0.1) is 0 Å². The number of rotatable bonds is 5. The Bertz CT molecular complexity index is 186. The quantitative estimate of drug-likeness (QED) is 0.400. The van der Waals surface area contributed by atoms with Crippen molar-refractivity contribution in [3.63, 3.8) is 0 Å². The van der Waals surface area contributed by atoms with E-state index in [1.54, 1.807) is 6.92 Å². The van der Waals surface area contributed by atoms with Gasteiger partial charge in [-0.3, -0.25) is 0 Å². The summed E-state index contributed by atoms with van der Waals surface area (Å²) in [5, 5.41) is 9.44. The van der Waals surface area contributed by atoms with Crippen LogP contribution in [0.5, 0.6) is 0 Å². The minimum Gasteiger partial charge on any atom is -0.433 e. The van der Waals surface area contributed by atoms with Gasteiger partial charge < -0.3 is 14.6 Å². The molecule has 1 N–H and O–H groups in total. The van der Waals surface area contributed by atoms with Crippen LogP contribution in [0.2, 0.25) is 0 Å². The molecule has 0 aliphatic heterocycles. The maximum atomic E-state index is 10.7. The topological polar surface area (TPSA) is 55.8 Å². The van der Waals surface area contributed by atoms with Crippen molar-refractivity contribution in [3.8, 4) is 0 Å². The van der Waals surface area contributed by atoms with Gasteiger partial charge in [-0.15, -0.1) is 0 Å². The highest BCUT2D eigenvalue weighted by atomic mass is 16.7. The summed E-state index contributed by atoms with van der Waals surface area (Å²) in [4.78, 5) is 10.7. The van der Waals surface area contributed by atoms with Gasteiger partial charge in [-0.1, -0.05) is 13.5 Å². The first kappa shape index (κ1) is 12.1. The number of esters is 1. The molecule has 2 unspecified atom stereocenters. The molecular weight excluding hydrogens is 172 g/mol. The molecule has 0 fully saturated rings. The maximum Gasteiger partial charge on any atom is 0.332 e. The number of ether oxygens (including phenoxy) is 2. The van der Waals surface area contributed by atoms with E-state index in [9.17, 15) is 9.90 Å². The van der Waals surface area contributed by atoms with Gasteiger partial charge in [0.05, 0.1) is 0 Å². The number of hydrogen-bond acceptors (Lipinski definition) is 4. The minimum absolute atomic E-state index is 0.420. The summed E-state index contributed by atoms with van der Waals surface area (Å²) in [6, 6.07) is 0. The molecular formula is C9H16O4. The smallest absolute Gasteiger partial charge is 0.332 e. The van der Waals surface area contributed by atoms with Crippen molar-refractivity contribution >= 4 is 5.97 Å². The molecule has 0 saturated heterocycles. The van der Waals surface area contributed by atoms with Crippen LogP contribution in [-0.4, -0.2) is 23.2 Å². The second-order valence-electron chi connectivity index (χ2n) is 2.86. The molecule has 0 bridgehead atoms. The summed E-state index contributed by atoms with van der Waals surface area (Å²) in [7, 11) is 0. The van der Waals surface area contributed by atoms with Crippen LogP contribution in [0.1, 0.15) is 27.2 Å². The summed E-state index contributed by atoms with van der Waals surface area (Å²) >= 11 is 0. The zero-order chi connectivity index (χ0) is 10.5. The van der Waals surface area contributed by atoms with Crippen LogP contribution in [0.3, 0.4) is 0 Å². The summed E-state index contributed by atoms with van der Waals surface area (Å²) in [5.74, 6) is -1.83. The van der Waals surface area contributed by atoms with Gasteiger partial charge in [-0.25, -0.2) is 4.79 Å². The van der Waals surface area contributed by atoms with Crippen molar-refractivity contribution in [2.45, 2.75) is 39.3 Å². The lowest BCUT2D eigenvalue weighted by Gasteiger charge is -2.25. The van der Waals surface area contributed by atoms with Gasteiger partial charge in [-0.2, -0.15) is 0 Å². The molecule has 0 aromatic heterocycles. The molecule has 0 heterocycles. The van der Waals surface area contributed by atoms with Gasteiger partial charge in [0.2, 0.25) is 6.29 Å². The van der Waals surface area contributed by atoms with E-state index in [1.807, 2.05) is 0 Å². The standard InChI is InChI=1S/C9H16O4/c1-5-8(10)12-7(3)13-9(4,11)6-2/h5,7,11H,1,6H2,2-4H3. The van der Waals surface area contributed by atoms with Crippen LogP contribution in [-0.2, 0) is 14.3 Å². The molecule has 0 aliphatic rings. The minimum atomic E-state index is -1.26. The second-order valence-corrected chi connectivity index (χ2v) is 2.86. The Balaban J connectivity index is 3.93. The molecule has 0 amide bonds. The van der Waals surface area contributed by atoms with Gasteiger partial charge in [0.1, 0.15) is 0 Å². The van der Waals surface area contributed by atoms with Gasteiger partial charge >= 0.3 is 5.97 Å². The van der Waals surface area contributed by atoms with Crippen LogP contribution in [0.15, 0.2) is 12.7 Å². The Morgan fingerprint density at radius 1 is 1.77 bits per heavy atom. The molecule has 13 heavy (non-hydrogen) atoms. The monoisotopic (exact) mass is 188 g/mol. The molecule has 4 nitrogen and oxygen atoms in total.